The number of esters is 1. The Morgan fingerprint density at radius 3 is 2.11 bits per heavy atom. The number of carbonyl (C=O) groups is 2. The number of benzene rings is 2. The van der Waals surface area contributed by atoms with Crippen LogP contribution in [0.15, 0.2) is 59.5 Å². The van der Waals surface area contributed by atoms with Crippen molar-refractivity contribution in [2.24, 2.45) is 0 Å². The highest BCUT2D eigenvalue weighted by atomic mass is 32.2. The minimum atomic E-state index is -0.383. The maximum absolute atomic E-state index is 12.0. The molecule has 0 amide bonds. The van der Waals surface area contributed by atoms with Gasteiger partial charge in [-0.25, -0.2) is 4.79 Å². The molecule has 0 saturated carbocycles. The molecule has 2 rings (SSSR count). The number of thioether (sulfide) groups is 1. The molecule has 0 spiro atoms. The van der Waals surface area contributed by atoms with Gasteiger partial charge in [0.2, 0.25) is 5.12 Å². The number of carbonyl (C=O) groups excluding carboxylic acids is 2. The van der Waals surface area contributed by atoms with Crippen molar-refractivity contribution < 1.29 is 14.3 Å². The van der Waals surface area contributed by atoms with Crippen LogP contribution in [0.3, 0.4) is 0 Å². The zero-order chi connectivity index (χ0) is 13.7. The lowest BCUT2D eigenvalue weighted by atomic mass is 10.2. The fraction of sp³-hybridized carbons (Fsp3) is 0.0667. The molecule has 0 radical (unpaired) electrons. The van der Waals surface area contributed by atoms with Gasteiger partial charge in [-0.05, 0) is 36.0 Å². The van der Waals surface area contributed by atoms with Gasteiger partial charge in [0.1, 0.15) is 0 Å². The van der Waals surface area contributed by atoms with Crippen molar-refractivity contribution in [1.82, 2.24) is 0 Å². The van der Waals surface area contributed by atoms with E-state index in [4.69, 9.17) is 0 Å². The molecule has 2 aromatic carbocycles. The van der Waals surface area contributed by atoms with Crippen molar-refractivity contribution in [2.75, 3.05) is 7.11 Å². The molecule has 0 atom stereocenters. The summed E-state index contributed by atoms with van der Waals surface area (Å²) in [6.07, 6.45) is 0. The van der Waals surface area contributed by atoms with Crippen molar-refractivity contribution in [3.05, 3.63) is 65.7 Å². The molecule has 0 aliphatic rings. The summed E-state index contributed by atoms with van der Waals surface area (Å²) in [5.41, 5.74) is 1.13. The second kappa shape index (κ2) is 6.20. The highest BCUT2D eigenvalue weighted by Crippen LogP contribution is 2.23. The fourth-order valence-electron chi connectivity index (χ4n) is 1.52. The van der Waals surface area contributed by atoms with E-state index in [1.807, 2.05) is 18.2 Å². The van der Waals surface area contributed by atoms with E-state index in [1.54, 1.807) is 36.4 Å². The Morgan fingerprint density at radius 2 is 1.53 bits per heavy atom. The summed E-state index contributed by atoms with van der Waals surface area (Å²) in [6, 6.07) is 15.8. The molecule has 0 N–H and O–H groups in total. The first kappa shape index (κ1) is 13.4. The third kappa shape index (κ3) is 3.45. The topological polar surface area (TPSA) is 43.4 Å². The molecule has 3 nitrogen and oxygen atoms in total. The van der Waals surface area contributed by atoms with Gasteiger partial charge in [0.05, 0.1) is 12.7 Å². The maximum Gasteiger partial charge on any atom is 0.337 e. The van der Waals surface area contributed by atoms with Crippen molar-refractivity contribution in [3.63, 3.8) is 0 Å². The molecule has 0 fully saturated rings. The standard InChI is InChI=1S/C15H12O3S/c1-18-14(16)11-7-9-13(10-8-11)19-15(17)12-5-3-2-4-6-12/h2-10H,1H3. The van der Waals surface area contributed by atoms with Gasteiger partial charge < -0.3 is 4.74 Å². The monoisotopic (exact) mass is 272 g/mol. The first-order valence-corrected chi connectivity index (χ1v) is 6.48. The molecule has 0 heterocycles. The average Bonchev–Trinajstić information content (AvgIpc) is 2.48. The molecule has 0 aliphatic heterocycles. The molecule has 0 saturated heterocycles. The van der Waals surface area contributed by atoms with Gasteiger partial charge in [-0.3, -0.25) is 4.79 Å². The van der Waals surface area contributed by atoms with E-state index in [2.05, 4.69) is 4.74 Å². The van der Waals surface area contributed by atoms with E-state index in [0.717, 1.165) is 16.7 Å². The van der Waals surface area contributed by atoms with Crippen LogP contribution in [0.2, 0.25) is 0 Å². The Hall–Kier alpha value is -2.07. The number of methoxy groups -OCH3 is 1. The van der Waals surface area contributed by atoms with E-state index >= 15 is 0 Å². The van der Waals surface area contributed by atoms with Crippen LogP contribution in [0.1, 0.15) is 20.7 Å². The predicted octanol–water partition coefficient (Wildman–Crippen LogP) is 3.41. The lowest BCUT2D eigenvalue weighted by molar-refractivity contribution is 0.0600. The molecule has 19 heavy (non-hydrogen) atoms. The average molecular weight is 272 g/mol. The molecule has 4 heteroatoms. The Bertz CT molecular complexity index is 576. The molecule has 0 bridgehead atoms. The smallest absolute Gasteiger partial charge is 0.337 e. The van der Waals surface area contributed by atoms with Crippen LogP contribution in [0.5, 0.6) is 0 Å². The molecule has 96 valence electrons. The van der Waals surface area contributed by atoms with Gasteiger partial charge in [-0.2, -0.15) is 0 Å². The highest BCUT2D eigenvalue weighted by Gasteiger charge is 2.09. The zero-order valence-electron chi connectivity index (χ0n) is 10.3. The quantitative estimate of drug-likeness (QED) is 0.634. The Morgan fingerprint density at radius 1 is 0.895 bits per heavy atom. The van der Waals surface area contributed by atoms with Crippen molar-refractivity contribution in [2.45, 2.75) is 4.90 Å². The first-order valence-electron chi connectivity index (χ1n) is 5.66. The molecular formula is C15H12O3S. The number of hydrogen-bond donors (Lipinski definition) is 0. The zero-order valence-corrected chi connectivity index (χ0v) is 11.1. The lowest BCUT2D eigenvalue weighted by Gasteiger charge is -2.02. The largest absolute Gasteiger partial charge is 0.465 e. The predicted molar refractivity (Wildman–Crippen MR) is 74.4 cm³/mol. The van der Waals surface area contributed by atoms with Crippen molar-refractivity contribution in [3.8, 4) is 0 Å². The summed E-state index contributed by atoms with van der Waals surface area (Å²) < 4.78 is 4.61. The van der Waals surface area contributed by atoms with Gasteiger partial charge in [0, 0.05) is 10.5 Å². The summed E-state index contributed by atoms with van der Waals surface area (Å²) >= 11 is 1.13. The van der Waals surface area contributed by atoms with E-state index in [-0.39, 0.29) is 11.1 Å². The summed E-state index contributed by atoms with van der Waals surface area (Å²) in [5.74, 6) is -0.383. The Labute approximate surface area is 115 Å². The van der Waals surface area contributed by atoms with E-state index in [0.29, 0.717) is 11.1 Å². The second-order valence-corrected chi connectivity index (χ2v) is 4.82. The first-order chi connectivity index (χ1) is 9.20. The highest BCUT2D eigenvalue weighted by molar-refractivity contribution is 8.14. The van der Waals surface area contributed by atoms with Gasteiger partial charge in [0.25, 0.3) is 0 Å². The number of rotatable bonds is 3. The summed E-state index contributed by atoms with van der Waals surface area (Å²) in [7, 11) is 1.34. The van der Waals surface area contributed by atoms with E-state index in [1.165, 1.54) is 7.11 Å². The van der Waals surface area contributed by atoms with Gasteiger partial charge in [-0.1, -0.05) is 30.3 Å². The van der Waals surface area contributed by atoms with Gasteiger partial charge in [-0.15, -0.1) is 0 Å². The van der Waals surface area contributed by atoms with Crippen LogP contribution in [0, 0.1) is 0 Å². The molecule has 2 aromatic rings. The third-order valence-electron chi connectivity index (χ3n) is 2.50. The van der Waals surface area contributed by atoms with Crippen LogP contribution in [-0.2, 0) is 4.74 Å². The van der Waals surface area contributed by atoms with Crippen LogP contribution in [0.25, 0.3) is 0 Å². The fourth-order valence-corrected chi connectivity index (χ4v) is 2.26. The normalized spacial score (nSPS) is 9.95. The van der Waals surface area contributed by atoms with Gasteiger partial charge >= 0.3 is 5.97 Å². The number of hydrogen-bond acceptors (Lipinski definition) is 4. The van der Waals surface area contributed by atoms with Crippen LogP contribution < -0.4 is 0 Å². The molecule has 0 unspecified atom stereocenters. The van der Waals surface area contributed by atoms with E-state index in [9.17, 15) is 9.59 Å². The van der Waals surface area contributed by atoms with Crippen LogP contribution in [0.4, 0.5) is 0 Å². The number of ether oxygens (including phenoxy) is 1. The third-order valence-corrected chi connectivity index (χ3v) is 3.42. The maximum atomic E-state index is 12.0. The minimum absolute atomic E-state index is 0.0218. The second-order valence-electron chi connectivity index (χ2n) is 3.77. The van der Waals surface area contributed by atoms with Crippen LogP contribution >= 0.6 is 11.8 Å². The van der Waals surface area contributed by atoms with Gasteiger partial charge in [0.15, 0.2) is 0 Å². The van der Waals surface area contributed by atoms with Crippen molar-refractivity contribution >= 4 is 22.8 Å². The summed E-state index contributed by atoms with van der Waals surface area (Å²) in [4.78, 5) is 24.0. The van der Waals surface area contributed by atoms with E-state index < -0.39 is 0 Å². The minimum Gasteiger partial charge on any atom is -0.465 e. The molecule has 0 aliphatic carbocycles. The van der Waals surface area contributed by atoms with Crippen molar-refractivity contribution in [1.29, 1.82) is 0 Å². The SMILES string of the molecule is COC(=O)c1ccc(SC(=O)c2ccccc2)cc1. The summed E-state index contributed by atoms with van der Waals surface area (Å²) in [6.45, 7) is 0. The Kier molecular flexibility index (Phi) is 4.36. The lowest BCUT2D eigenvalue weighted by Crippen LogP contribution is -2.00. The molecule has 0 aromatic heterocycles. The Balaban J connectivity index is 2.08. The summed E-state index contributed by atoms with van der Waals surface area (Å²) in [5, 5.41) is -0.0218. The molecular weight excluding hydrogens is 260 g/mol. The van der Waals surface area contributed by atoms with Crippen LogP contribution in [-0.4, -0.2) is 18.2 Å².